The highest BCUT2D eigenvalue weighted by molar-refractivity contribution is 5.40. The lowest BCUT2D eigenvalue weighted by atomic mass is 9.92. The van der Waals surface area contributed by atoms with E-state index in [4.69, 9.17) is 4.74 Å². The summed E-state index contributed by atoms with van der Waals surface area (Å²) in [4.78, 5) is 0. The van der Waals surface area contributed by atoms with Crippen LogP contribution >= 0.6 is 0 Å². The fourth-order valence-electron chi connectivity index (χ4n) is 2.88. The number of rotatable bonds is 3. The molecule has 1 aliphatic carbocycles. The fraction of sp³-hybridized carbons (Fsp3) is 0.438. The quantitative estimate of drug-likeness (QED) is 0.934. The van der Waals surface area contributed by atoms with E-state index >= 15 is 0 Å². The average molecular weight is 272 g/mol. The second-order valence-corrected chi connectivity index (χ2v) is 5.39. The summed E-state index contributed by atoms with van der Waals surface area (Å²) < 4.78 is 7.64. The number of aliphatic hydroxyl groups is 1. The van der Waals surface area contributed by atoms with Crippen molar-refractivity contribution in [1.82, 2.24) is 9.78 Å². The summed E-state index contributed by atoms with van der Waals surface area (Å²) in [6.45, 7) is 1.82. The highest BCUT2D eigenvalue weighted by atomic mass is 16.5. The van der Waals surface area contributed by atoms with E-state index in [1.54, 1.807) is 4.68 Å². The Morgan fingerprint density at radius 1 is 1.25 bits per heavy atom. The van der Waals surface area contributed by atoms with Crippen LogP contribution in [0.25, 0.3) is 0 Å². The second-order valence-electron chi connectivity index (χ2n) is 5.39. The number of nitrogens with zero attached hydrogens (tertiary/aromatic N) is 2. The van der Waals surface area contributed by atoms with Gasteiger partial charge in [0.2, 0.25) is 5.88 Å². The summed E-state index contributed by atoms with van der Waals surface area (Å²) in [6, 6.07) is 6.29. The molecule has 106 valence electrons. The Balaban J connectivity index is 1.91. The van der Waals surface area contributed by atoms with Gasteiger partial charge in [-0.25, -0.2) is 4.68 Å². The number of aryl methyl sites for hydroxylation is 4. The lowest BCUT2D eigenvalue weighted by Gasteiger charge is -2.17. The molecule has 0 bridgehead atoms. The molecule has 0 saturated heterocycles. The van der Waals surface area contributed by atoms with Gasteiger partial charge in [0.05, 0.1) is 17.9 Å². The summed E-state index contributed by atoms with van der Waals surface area (Å²) in [5.74, 6) is 1.45. The first-order chi connectivity index (χ1) is 9.69. The van der Waals surface area contributed by atoms with Crippen LogP contribution in [0.5, 0.6) is 11.6 Å². The highest BCUT2D eigenvalue weighted by Gasteiger charge is 2.16. The van der Waals surface area contributed by atoms with Gasteiger partial charge in [0, 0.05) is 7.05 Å². The molecular formula is C16H20N2O2. The molecule has 0 fully saturated rings. The first-order valence-electron chi connectivity index (χ1n) is 7.12. The van der Waals surface area contributed by atoms with Gasteiger partial charge in [-0.15, -0.1) is 0 Å². The first kappa shape index (κ1) is 13.2. The maximum absolute atomic E-state index is 9.45. The molecule has 0 radical (unpaired) electrons. The van der Waals surface area contributed by atoms with Crippen molar-refractivity contribution >= 4 is 0 Å². The van der Waals surface area contributed by atoms with Crippen LogP contribution in [0.2, 0.25) is 0 Å². The summed E-state index contributed by atoms with van der Waals surface area (Å²) in [6.07, 6.45) is 4.83. The molecule has 0 atom stereocenters. The molecule has 0 spiro atoms. The van der Waals surface area contributed by atoms with Gasteiger partial charge in [-0.2, -0.15) is 5.10 Å². The summed E-state index contributed by atoms with van der Waals surface area (Å²) in [5.41, 5.74) is 4.39. The number of aromatic nitrogens is 2. The molecule has 0 amide bonds. The van der Waals surface area contributed by atoms with Gasteiger partial charge >= 0.3 is 0 Å². The molecular weight excluding hydrogens is 252 g/mol. The highest BCUT2D eigenvalue weighted by Crippen LogP contribution is 2.30. The van der Waals surface area contributed by atoms with Gasteiger partial charge < -0.3 is 9.84 Å². The molecule has 1 aromatic carbocycles. The Labute approximate surface area is 119 Å². The number of hydrogen-bond acceptors (Lipinski definition) is 3. The average Bonchev–Trinajstić information content (AvgIpc) is 2.72. The van der Waals surface area contributed by atoms with Crippen LogP contribution in [0.15, 0.2) is 18.2 Å². The smallest absolute Gasteiger partial charge is 0.223 e. The number of aliphatic hydroxyl groups excluding tert-OH is 1. The third-order valence-corrected chi connectivity index (χ3v) is 3.98. The van der Waals surface area contributed by atoms with Crippen LogP contribution in [0, 0.1) is 6.92 Å². The van der Waals surface area contributed by atoms with E-state index in [0.29, 0.717) is 5.88 Å². The van der Waals surface area contributed by atoms with Crippen LogP contribution in [0.3, 0.4) is 0 Å². The van der Waals surface area contributed by atoms with Crippen molar-refractivity contribution in [3.8, 4) is 11.6 Å². The van der Waals surface area contributed by atoms with Crippen molar-refractivity contribution in [2.75, 3.05) is 0 Å². The normalized spacial score (nSPS) is 14.2. The van der Waals surface area contributed by atoms with Crippen molar-refractivity contribution < 1.29 is 9.84 Å². The predicted molar refractivity (Wildman–Crippen MR) is 77.0 cm³/mol. The maximum atomic E-state index is 9.45. The van der Waals surface area contributed by atoms with Crippen molar-refractivity contribution in [3.05, 3.63) is 40.6 Å². The van der Waals surface area contributed by atoms with Crippen LogP contribution in [-0.2, 0) is 26.5 Å². The third-order valence-electron chi connectivity index (χ3n) is 3.98. The molecule has 20 heavy (non-hydrogen) atoms. The number of fused-ring (bicyclic) bond motifs is 1. The predicted octanol–water partition coefficient (Wildman–Crippen LogP) is 2.89. The lowest BCUT2D eigenvalue weighted by Crippen LogP contribution is -2.03. The molecule has 0 unspecified atom stereocenters. The van der Waals surface area contributed by atoms with Gasteiger partial charge in [0.25, 0.3) is 0 Å². The van der Waals surface area contributed by atoms with E-state index in [0.717, 1.165) is 23.4 Å². The van der Waals surface area contributed by atoms with Gasteiger partial charge in [0.1, 0.15) is 5.75 Å². The summed E-state index contributed by atoms with van der Waals surface area (Å²) in [5, 5.41) is 13.7. The van der Waals surface area contributed by atoms with Crippen LogP contribution < -0.4 is 4.74 Å². The van der Waals surface area contributed by atoms with Crippen LogP contribution in [0.4, 0.5) is 0 Å². The minimum absolute atomic E-state index is 0.0556. The van der Waals surface area contributed by atoms with Gasteiger partial charge in [-0.05, 0) is 55.9 Å². The molecule has 3 rings (SSSR count). The Bertz CT molecular complexity index is 632. The SMILES string of the molecule is Cc1nn(C)c(Oc2ccc3c(c2)CCCC3)c1CO. The van der Waals surface area contributed by atoms with E-state index in [1.807, 2.05) is 20.0 Å². The van der Waals surface area contributed by atoms with Crippen LogP contribution in [-0.4, -0.2) is 14.9 Å². The van der Waals surface area contributed by atoms with Crippen molar-refractivity contribution in [2.45, 2.75) is 39.2 Å². The van der Waals surface area contributed by atoms with Gasteiger partial charge in [0.15, 0.2) is 0 Å². The van der Waals surface area contributed by atoms with Gasteiger partial charge in [-0.1, -0.05) is 6.07 Å². The molecule has 1 aromatic heterocycles. The fourth-order valence-corrected chi connectivity index (χ4v) is 2.88. The number of benzene rings is 1. The topological polar surface area (TPSA) is 47.3 Å². The zero-order chi connectivity index (χ0) is 14.1. The Hall–Kier alpha value is -1.81. The summed E-state index contributed by atoms with van der Waals surface area (Å²) in [7, 11) is 1.83. The number of ether oxygens (including phenoxy) is 1. The zero-order valence-electron chi connectivity index (χ0n) is 12.0. The largest absolute Gasteiger partial charge is 0.439 e. The molecule has 4 nitrogen and oxygen atoms in total. The zero-order valence-corrected chi connectivity index (χ0v) is 12.0. The van der Waals surface area contributed by atoms with E-state index in [9.17, 15) is 5.11 Å². The summed E-state index contributed by atoms with van der Waals surface area (Å²) >= 11 is 0. The monoisotopic (exact) mass is 272 g/mol. The standard InChI is InChI=1S/C16H20N2O2/c1-11-15(10-19)16(18(2)17-11)20-14-8-7-12-5-3-4-6-13(12)9-14/h7-9,19H,3-6,10H2,1-2H3. The van der Waals surface area contributed by atoms with E-state index in [-0.39, 0.29) is 6.61 Å². The van der Waals surface area contributed by atoms with Gasteiger partial charge in [-0.3, -0.25) is 0 Å². The molecule has 2 aromatic rings. The van der Waals surface area contributed by atoms with Crippen LogP contribution in [0.1, 0.15) is 35.2 Å². The first-order valence-corrected chi connectivity index (χ1v) is 7.12. The Kier molecular flexibility index (Phi) is 3.49. The maximum Gasteiger partial charge on any atom is 0.223 e. The molecule has 0 aliphatic heterocycles. The third kappa shape index (κ3) is 2.31. The van der Waals surface area contributed by atoms with Crippen molar-refractivity contribution in [3.63, 3.8) is 0 Å². The molecule has 1 heterocycles. The second kappa shape index (κ2) is 5.29. The van der Waals surface area contributed by atoms with E-state index < -0.39 is 0 Å². The molecule has 0 saturated carbocycles. The van der Waals surface area contributed by atoms with Crippen molar-refractivity contribution in [1.29, 1.82) is 0 Å². The Morgan fingerprint density at radius 3 is 2.75 bits per heavy atom. The van der Waals surface area contributed by atoms with E-state index in [2.05, 4.69) is 17.2 Å². The molecule has 1 N–H and O–H groups in total. The number of hydrogen-bond donors (Lipinski definition) is 1. The van der Waals surface area contributed by atoms with E-state index in [1.165, 1.54) is 30.4 Å². The minimum atomic E-state index is -0.0556. The molecule has 4 heteroatoms. The minimum Gasteiger partial charge on any atom is -0.439 e. The molecule has 1 aliphatic rings. The van der Waals surface area contributed by atoms with Crippen molar-refractivity contribution in [2.24, 2.45) is 7.05 Å². The Morgan fingerprint density at radius 2 is 2.00 bits per heavy atom. The lowest BCUT2D eigenvalue weighted by molar-refractivity contribution is 0.274.